The largest absolute Gasteiger partial charge is 0.354 e. The Morgan fingerprint density at radius 1 is 1.11 bits per heavy atom. The Balaban J connectivity index is 1.39. The van der Waals surface area contributed by atoms with Gasteiger partial charge in [-0.1, -0.05) is 12.1 Å². The van der Waals surface area contributed by atoms with Gasteiger partial charge < -0.3 is 9.88 Å². The molecule has 3 N–H and O–H groups in total. The van der Waals surface area contributed by atoms with Crippen molar-refractivity contribution >= 4 is 17.0 Å². The maximum absolute atomic E-state index is 13.3. The van der Waals surface area contributed by atoms with Gasteiger partial charge in [0.1, 0.15) is 17.7 Å². The van der Waals surface area contributed by atoms with Crippen molar-refractivity contribution in [1.82, 2.24) is 30.8 Å². The second-order valence-corrected chi connectivity index (χ2v) is 7.36. The first kappa shape index (κ1) is 16.6. The zero-order chi connectivity index (χ0) is 18.2. The highest BCUT2D eigenvalue weighted by Crippen LogP contribution is 2.33. The standard InChI is InChI=1S/C19H22FN7/c20-14-5-3-12(4-6-14)15-8-25-26-16(15)13-2-1-7-27(9-13)19-17-18(22-10-21-17)23-11-24-19/h3-6,10-11,13,15-16,25-26H,1-2,7-9H2,(H,21,22,23,24). The second-order valence-electron chi connectivity index (χ2n) is 7.36. The molecule has 0 bridgehead atoms. The van der Waals surface area contributed by atoms with Gasteiger partial charge in [0.15, 0.2) is 11.5 Å². The fraction of sp³-hybridized carbons (Fsp3) is 0.421. The number of rotatable bonds is 3. The lowest BCUT2D eigenvalue weighted by Gasteiger charge is -2.38. The number of benzene rings is 1. The van der Waals surface area contributed by atoms with E-state index in [-0.39, 0.29) is 5.82 Å². The Labute approximate surface area is 156 Å². The minimum Gasteiger partial charge on any atom is -0.354 e. The number of aromatic nitrogens is 4. The molecule has 4 heterocycles. The summed E-state index contributed by atoms with van der Waals surface area (Å²) < 4.78 is 13.3. The first-order valence-electron chi connectivity index (χ1n) is 9.42. The molecule has 0 aliphatic carbocycles. The van der Waals surface area contributed by atoms with Gasteiger partial charge in [-0.3, -0.25) is 10.9 Å². The summed E-state index contributed by atoms with van der Waals surface area (Å²) >= 11 is 0. The molecule has 0 radical (unpaired) electrons. The van der Waals surface area contributed by atoms with E-state index in [4.69, 9.17) is 0 Å². The van der Waals surface area contributed by atoms with Crippen LogP contribution in [0.25, 0.3) is 11.2 Å². The van der Waals surface area contributed by atoms with Crippen molar-refractivity contribution in [3.8, 4) is 0 Å². The van der Waals surface area contributed by atoms with Crippen molar-refractivity contribution in [3.05, 3.63) is 48.3 Å². The van der Waals surface area contributed by atoms with Crippen molar-refractivity contribution in [1.29, 1.82) is 0 Å². The van der Waals surface area contributed by atoms with Crippen LogP contribution in [0.2, 0.25) is 0 Å². The number of nitrogens with one attached hydrogen (secondary N) is 3. The lowest BCUT2D eigenvalue weighted by atomic mass is 9.81. The molecule has 3 unspecified atom stereocenters. The topological polar surface area (TPSA) is 81.8 Å². The SMILES string of the molecule is Fc1ccc(C2CNNC2C2CCCN(c3ncnc4nc[nH]c34)C2)cc1. The minimum atomic E-state index is -0.189. The Morgan fingerprint density at radius 3 is 2.89 bits per heavy atom. The fourth-order valence-corrected chi connectivity index (χ4v) is 4.48. The molecule has 3 aromatic rings. The molecule has 5 rings (SSSR count). The van der Waals surface area contributed by atoms with Gasteiger partial charge >= 0.3 is 0 Å². The third kappa shape index (κ3) is 3.04. The van der Waals surface area contributed by atoms with Crippen LogP contribution in [-0.2, 0) is 0 Å². The fourth-order valence-electron chi connectivity index (χ4n) is 4.48. The molecule has 140 valence electrons. The zero-order valence-electron chi connectivity index (χ0n) is 14.9. The number of aromatic amines is 1. The first-order chi connectivity index (χ1) is 13.3. The van der Waals surface area contributed by atoms with Gasteiger partial charge in [-0.05, 0) is 36.5 Å². The summed E-state index contributed by atoms with van der Waals surface area (Å²) in [5.74, 6) is 1.53. The number of anilines is 1. The molecule has 8 heteroatoms. The van der Waals surface area contributed by atoms with Crippen LogP contribution in [0.5, 0.6) is 0 Å². The number of halogens is 1. The van der Waals surface area contributed by atoms with E-state index in [1.807, 2.05) is 12.1 Å². The second kappa shape index (κ2) is 6.86. The summed E-state index contributed by atoms with van der Waals surface area (Å²) in [6.07, 6.45) is 5.51. The summed E-state index contributed by atoms with van der Waals surface area (Å²) in [5.41, 5.74) is 9.55. The Morgan fingerprint density at radius 2 is 2.00 bits per heavy atom. The van der Waals surface area contributed by atoms with Crippen molar-refractivity contribution in [3.63, 3.8) is 0 Å². The van der Waals surface area contributed by atoms with Crippen LogP contribution in [0.1, 0.15) is 24.3 Å². The number of hydrogen-bond donors (Lipinski definition) is 3. The van der Waals surface area contributed by atoms with Gasteiger partial charge in [0, 0.05) is 31.6 Å². The smallest absolute Gasteiger partial charge is 0.182 e. The van der Waals surface area contributed by atoms with E-state index in [0.29, 0.717) is 23.5 Å². The van der Waals surface area contributed by atoms with Gasteiger partial charge in [0.05, 0.1) is 6.33 Å². The predicted molar refractivity (Wildman–Crippen MR) is 101 cm³/mol. The van der Waals surface area contributed by atoms with Gasteiger partial charge in [-0.2, -0.15) is 0 Å². The molecule has 27 heavy (non-hydrogen) atoms. The van der Waals surface area contributed by atoms with Crippen LogP contribution >= 0.6 is 0 Å². The summed E-state index contributed by atoms with van der Waals surface area (Å²) in [6, 6.07) is 7.21. The highest BCUT2D eigenvalue weighted by molar-refractivity contribution is 5.82. The Kier molecular flexibility index (Phi) is 4.21. The average molecular weight is 367 g/mol. The molecule has 3 atom stereocenters. The van der Waals surface area contributed by atoms with E-state index in [9.17, 15) is 4.39 Å². The van der Waals surface area contributed by atoms with Crippen LogP contribution in [0.3, 0.4) is 0 Å². The lowest BCUT2D eigenvalue weighted by Crippen LogP contribution is -2.47. The van der Waals surface area contributed by atoms with Gasteiger partial charge in [-0.15, -0.1) is 0 Å². The maximum Gasteiger partial charge on any atom is 0.182 e. The van der Waals surface area contributed by atoms with Crippen LogP contribution in [0, 0.1) is 11.7 Å². The first-order valence-corrected chi connectivity index (χ1v) is 9.42. The molecule has 2 aromatic heterocycles. The van der Waals surface area contributed by atoms with Gasteiger partial charge in [-0.25, -0.2) is 19.3 Å². The molecule has 2 fully saturated rings. The monoisotopic (exact) mass is 367 g/mol. The molecular weight excluding hydrogens is 345 g/mol. The third-order valence-corrected chi connectivity index (χ3v) is 5.79. The van der Waals surface area contributed by atoms with Crippen LogP contribution < -0.4 is 15.8 Å². The summed E-state index contributed by atoms with van der Waals surface area (Å²) in [4.78, 5) is 18.5. The molecule has 2 aliphatic rings. The zero-order valence-corrected chi connectivity index (χ0v) is 14.9. The molecule has 2 aliphatic heterocycles. The molecule has 0 spiro atoms. The molecule has 2 saturated heterocycles. The summed E-state index contributed by atoms with van der Waals surface area (Å²) in [6.45, 7) is 2.75. The average Bonchev–Trinajstić information content (AvgIpc) is 3.38. The quantitative estimate of drug-likeness (QED) is 0.657. The van der Waals surface area contributed by atoms with Crippen molar-refractivity contribution in [2.45, 2.75) is 24.8 Å². The van der Waals surface area contributed by atoms with E-state index in [1.54, 1.807) is 24.8 Å². The molecule has 0 amide bonds. The number of fused-ring (bicyclic) bond motifs is 1. The maximum atomic E-state index is 13.3. The predicted octanol–water partition coefficient (Wildman–Crippen LogP) is 1.97. The number of imidazole rings is 1. The number of hydrogen-bond acceptors (Lipinski definition) is 6. The normalized spacial score (nSPS) is 26.0. The highest BCUT2D eigenvalue weighted by Gasteiger charge is 2.37. The van der Waals surface area contributed by atoms with Gasteiger partial charge in [0.25, 0.3) is 0 Å². The van der Waals surface area contributed by atoms with Crippen molar-refractivity contribution in [2.24, 2.45) is 5.92 Å². The van der Waals surface area contributed by atoms with Crippen molar-refractivity contribution in [2.75, 3.05) is 24.5 Å². The molecule has 0 saturated carbocycles. The molecular formula is C19H22FN7. The number of piperidine rings is 1. The summed E-state index contributed by atoms with van der Waals surface area (Å²) in [5, 5.41) is 0. The van der Waals surface area contributed by atoms with E-state index >= 15 is 0 Å². The highest BCUT2D eigenvalue weighted by atomic mass is 19.1. The number of H-pyrrole nitrogens is 1. The van der Waals surface area contributed by atoms with Crippen molar-refractivity contribution < 1.29 is 4.39 Å². The number of hydrazine groups is 1. The number of nitrogens with zero attached hydrogens (tertiary/aromatic N) is 4. The Hall–Kier alpha value is -2.58. The minimum absolute atomic E-state index is 0.189. The van der Waals surface area contributed by atoms with Gasteiger partial charge in [0.2, 0.25) is 0 Å². The van der Waals surface area contributed by atoms with E-state index < -0.39 is 0 Å². The van der Waals surface area contributed by atoms with Crippen LogP contribution in [-0.4, -0.2) is 45.6 Å². The third-order valence-electron chi connectivity index (χ3n) is 5.79. The summed E-state index contributed by atoms with van der Waals surface area (Å²) in [7, 11) is 0. The van der Waals surface area contributed by atoms with E-state index in [1.165, 1.54) is 5.56 Å². The van der Waals surface area contributed by atoms with Crippen LogP contribution in [0.4, 0.5) is 10.2 Å². The molecule has 7 nitrogen and oxygen atoms in total. The molecule has 1 aromatic carbocycles. The lowest BCUT2D eigenvalue weighted by molar-refractivity contribution is 0.304. The Bertz CT molecular complexity index is 925. The van der Waals surface area contributed by atoms with E-state index in [0.717, 1.165) is 43.8 Å². The van der Waals surface area contributed by atoms with Crippen LogP contribution in [0.15, 0.2) is 36.9 Å². The van der Waals surface area contributed by atoms with E-state index in [2.05, 4.69) is 35.7 Å².